The molecule has 1 unspecified atom stereocenters. The lowest BCUT2D eigenvalue weighted by molar-refractivity contribution is -0.122. The lowest BCUT2D eigenvalue weighted by Gasteiger charge is -2.13. The third-order valence-electron chi connectivity index (χ3n) is 1.63. The fourth-order valence-corrected chi connectivity index (χ4v) is 1.00. The molecule has 0 fully saturated rings. The van der Waals surface area contributed by atoms with Crippen LogP contribution in [0.4, 0.5) is 0 Å². The van der Waals surface area contributed by atoms with Gasteiger partial charge in [-0.15, -0.1) is 12.3 Å². The Hall–Kier alpha value is -1.01. The first-order valence-corrected chi connectivity index (χ1v) is 4.54. The fraction of sp³-hybridized carbons (Fsp3) is 0.700. The van der Waals surface area contributed by atoms with Crippen LogP contribution >= 0.6 is 0 Å². The summed E-state index contributed by atoms with van der Waals surface area (Å²) in [4.78, 5) is 11.2. The molecule has 0 aliphatic heterocycles. The number of hydrogen-bond acceptors (Lipinski definition) is 2. The normalized spacial score (nSPS) is 12.2. The first-order valence-electron chi connectivity index (χ1n) is 4.54. The van der Waals surface area contributed by atoms with Crippen molar-refractivity contribution in [1.29, 1.82) is 0 Å². The van der Waals surface area contributed by atoms with Crippen molar-refractivity contribution in [1.82, 2.24) is 5.32 Å². The van der Waals surface area contributed by atoms with Crippen molar-refractivity contribution in [3.05, 3.63) is 0 Å². The summed E-state index contributed by atoms with van der Waals surface area (Å²) in [5, 5.41) is 2.68. The Balaban J connectivity index is 3.64. The van der Waals surface area contributed by atoms with Crippen molar-refractivity contribution in [3.63, 3.8) is 0 Å². The van der Waals surface area contributed by atoms with Crippen LogP contribution < -0.4 is 11.1 Å². The molecular formula is C10H18N2O. The molecule has 0 aliphatic rings. The predicted molar refractivity (Wildman–Crippen MR) is 53.9 cm³/mol. The maximum Gasteiger partial charge on any atom is 0.236 e. The maximum absolute atomic E-state index is 11.2. The number of nitrogens with one attached hydrogen (secondary N) is 1. The molecule has 74 valence electrons. The van der Waals surface area contributed by atoms with E-state index in [0.717, 1.165) is 0 Å². The monoisotopic (exact) mass is 182 g/mol. The van der Waals surface area contributed by atoms with Gasteiger partial charge in [0.15, 0.2) is 0 Å². The average Bonchev–Trinajstić information content (AvgIpc) is 2.03. The third-order valence-corrected chi connectivity index (χ3v) is 1.63. The largest absolute Gasteiger partial charge is 0.354 e. The van der Waals surface area contributed by atoms with Crippen molar-refractivity contribution in [3.8, 4) is 12.3 Å². The minimum atomic E-state index is -0.405. The standard InChI is InChI=1S/C10H18N2O/c1-4-5-6-12-10(13)9(11)7-8(2)3/h1,8-9H,5-7,11H2,2-3H3,(H,12,13). The molecule has 0 aromatic carbocycles. The Morgan fingerprint density at radius 2 is 2.23 bits per heavy atom. The van der Waals surface area contributed by atoms with Gasteiger partial charge < -0.3 is 11.1 Å². The molecule has 0 radical (unpaired) electrons. The van der Waals surface area contributed by atoms with Gasteiger partial charge in [-0.1, -0.05) is 13.8 Å². The van der Waals surface area contributed by atoms with E-state index < -0.39 is 6.04 Å². The van der Waals surface area contributed by atoms with Gasteiger partial charge in [-0.25, -0.2) is 0 Å². The number of nitrogens with two attached hydrogens (primary N) is 1. The molecule has 3 heteroatoms. The molecule has 0 saturated carbocycles. The summed E-state index contributed by atoms with van der Waals surface area (Å²) >= 11 is 0. The van der Waals surface area contributed by atoms with Gasteiger partial charge in [0.25, 0.3) is 0 Å². The van der Waals surface area contributed by atoms with Crippen LogP contribution in [0, 0.1) is 18.3 Å². The number of carbonyl (C=O) groups is 1. The van der Waals surface area contributed by atoms with Crippen LogP contribution in [0.5, 0.6) is 0 Å². The van der Waals surface area contributed by atoms with Crippen LogP contribution in [0.15, 0.2) is 0 Å². The summed E-state index contributed by atoms with van der Waals surface area (Å²) < 4.78 is 0. The van der Waals surface area contributed by atoms with E-state index in [1.165, 1.54) is 0 Å². The second-order valence-electron chi connectivity index (χ2n) is 3.48. The quantitative estimate of drug-likeness (QED) is 0.480. The summed E-state index contributed by atoms with van der Waals surface area (Å²) in [5.41, 5.74) is 5.64. The van der Waals surface area contributed by atoms with Crippen molar-refractivity contribution in [2.75, 3.05) is 6.54 Å². The van der Waals surface area contributed by atoms with Crippen molar-refractivity contribution in [2.45, 2.75) is 32.7 Å². The van der Waals surface area contributed by atoms with E-state index in [1.54, 1.807) is 0 Å². The Morgan fingerprint density at radius 3 is 2.69 bits per heavy atom. The molecule has 0 aliphatic carbocycles. The molecule has 3 N–H and O–H groups in total. The van der Waals surface area contributed by atoms with Gasteiger partial charge in [0, 0.05) is 13.0 Å². The summed E-state index contributed by atoms with van der Waals surface area (Å²) in [6, 6.07) is -0.405. The summed E-state index contributed by atoms with van der Waals surface area (Å²) in [6.45, 7) is 4.59. The van der Waals surface area contributed by atoms with E-state index in [0.29, 0.717) is 25.3 Å². The van der Waals surface area contributed by atoms with Crippen LogP contribution in [0.2, 0.25) is 0 Å². The Morgan fingerprint density at radius 1 is 1.62 bits per heavy atom. The molecule has 3 nitrogen and oxygen atoms in total. The number of hydrogen-bond donors (Lipinski definition) is 2. The second-order valence-corrected chi connectivity index (χ2v) is 3.48. The van der Waals surface area contributed by atoms with Gasteiger partial charge in [-0.2, -0.15) is 0 Å². The average molecular weight is 182 g/mol. The second kappa shape index (κ2) is 6.50. The van der Waals surface area contributed by atoms with E-state index in [2.05, 4.69) is 11.2 Å². The van der Waals surface area contributed by atoms with Gasteiger partial charge in [0.1, 0.15) is 0 Å². The summed E-state index contributed by atoms with van der Waals surface area (Å²) in [6.07, 6.45) is 6.30. The molecular weight excluding hydrogens is 164 g/mol. The van der Waals surface area contributed by atoms with E-state index in [1.807, 2.05) is 13.8 Å². The number of rotatable bonds is 5. The molecule has 0 spiro atoms. The van der Waals surface area contributed by atoms with Crippen molar-refractivity contribution in [2.24, 2.45) is 11.7 Å². The Labute approximate surface area is 80.1 Å². The third kappa shape index (κ3) is 6.18. The minimum Gasteiger partial charge on any atom is -0.354 e. The van der Waals surface area contributed by atoms with E-state index in [4.69, 9.17) is 12.2 Å². The molecule has 0 bridgehead atoms. The van der Waals surface area contributed by atoms with Crippen LogP contribution in [-0.2, 0) is 4.79 Å². The molecule has 0 aromatic rings. The number of carbonyl (C=O) groups excluding carboxylic acids is 1. The highest BCUT2D eigenvalue weighted by Crippen LogP contribution is 2.02. The van der Waals surface area contributed by atoms with Gasteiger partial charge in [0.05, 0.1) is 6.04 Å². The fourth-order valence-electron chi connectivity index (χ4n) is 1.00. The van der Waals surface area contributed by atoms with E-state index in [9.17, 15) is 4.79 Å². The van der Waals surface area contributed by atoms with Gasteiger partial charge >= 0.3 is 0 Å². The number of terminal acetylenes is 1. The Bertz CT molecular complexity index is 194. The lowest BCUT2D eigenvalue weighted by Crippen LogP contribution is -2.41. The van der Waals surface area contributed by atoms with Crippen LogP contribution in [-0.4, -0.2) is 18.5 Å². The summed E-state index contributed by atoms with van der Waals surface area (Å²) in [5.74, 6) is 2.78. The molecule has 13 heavy (non-hydrogen) atoms. The van der Waals surface area contributed by atoms with Gasteiger partial charge in [-0.3, -0.25) is 4.79 Å². The van der Waals surface area contributed by atoms with E-state index in [-0.39, 0.29) is 5.91 Å². The molecule has 0 heterocycles. The zero-order chi connectivity index (χ0) is 10.3. The SMILES string of the molecule is C#CCCNC(=O)C(N)CC(C)C. The van der Waals surface area contributed by atoms with Crippen molar-refractivity contribution >= 4 is 5.91 Å². The highest BCUT2D eigenvalue weighted by molar-refractivity contribution is 5.81. The van der Waals surface area contributed by atoms with Gasteiger partial charge in [0.2, 0.25) is 5.91 Å². The predicted octanol–water partition coefficient (Wildman–Crippen LogP) is 0.499. The lowest BCUT2D eigenvalue weighted by atomic mass is 10.0. The first-order chi connectivity index (χ1) is 6.07. The topological polar surface area (TPSA) is 55.1 Å². The highest BCUT2D eigenvalue weighted by Gasteiger charge is 2.13. The smallest absolute Gasteiger partial charge is 0.236 e. The van der Waals surface area contributed by atoms with Crippen LogP contribution in [0.25, 0.3) is 0 Å². The van der Waals surface area contributed by atoms with Crippen LogP contribution in [0.3, 0.4) is 0 Å². The van der Waals surface area contributed by atoms with E-state index >= 15 is 0 Å². The highest BCUT2D eigenvalue weighted by atomic mass is 16.2. The van der Waals surface area contributed by atoms with Crippen molar-refractivity contribution < 1.29 is 4.79 Å². The van der Waals surface area contributed by atoms with Gasteiger partial charge in [-0.05, 0) is 12.3 Å². The zero-order valence-electron chi connectivity index (χ0n) is 8.34. The molecule has 0 saturated heterocycles. The van der Waals surface area contributed by atoms with Crippen LogP contribution in [0.1, 0.15) is 26.7 Å². The molecule has 1 atom stereocenters. The minimum absolute atomic E-state index is 0.107. The zero-order valence-corrected chi connectivity index (χ0v) is 8.34. The summed E-state index contributed by atoms with van der Waals surface area (Å²) in [7, 11) is 0. The molecule has 0 rings (SSSR count). The molecule has 1 amide bonds. The number of amides is 1. The first kappa shape index (κ1) is 12.0. The maximum atomic E-state index is 11.2. The Kier molecular flexibility index (Phi) is 5.99. The molecule has 0 aromatic heterocycles.